The van der Waals surface area contributed by atoms with Crippen LogP contribution in [0, 0.1) is 5.92 Å². The highest BCUT2D eigenvalue weighted by Crippen LogP contribution is 2.29. The van der Waals surface area contributed by atoms with E-state index in [9.17, 15) is 13.2 Å². The van der Waals surface area contributed by atoms with Crippen LogP contribution in [-0.4, -0.2) is 16.1 Å². The quantitative estimate of drug-likeness (QED) is 0.868. The second-order valence-corrected chi connectivity index (χ2v) is 4.11. The lowest BCUT2D eigenvalue weighted by Gasteiger charge is -2.15. The van der Waals surface area contributed by atoms with Crippen LogP contribution in [0.2, 0.25) is 0 Å². The van der Waals surface area contributed by atoms with Crippen LogP contribution in [0.4, 0.5) is 13.2 Å². The largest absolute Gasteiger partial charge is 0.449 e. The Morgan fingerprint density at radius 2 is 2.06 bits per heavy atom. The molecule has 0 atom stereocenters. The van der Waals surface area contributed by atoms with Crippen molar-refractivity contribution in [1.29, 1.82) is 0 Å². The van der Waals surface area contributed by atoms with Crippen LogP contribution < -0.4 is 5.73 Å². The SMILES string of the molecule is CC(C)Cn1c(CCN)cnc1C(F)(F)F. The molecule has 0 radical (unpaired) electrons. The minimum absolute atomic E-state index is 0.131. The van der Waals surface area contributed by atoms with E-state index >= 15 is 0 Å². The molecule has 0 aliphatic carbocycles. The second-order valence-electron chi connectivity index (χ2n) is 4.11. The summed E-state index contributed by atoms with van der Waals surface area (Å²) < 4.78 is 39.1. The van der Waals surface area contributed by atoms with Gasteiger partial charge in [0, 0.05) is 24.9 Å². The molecule has 0 aliphatic rings. The van der Waals surface area contributed by atoms with Crippen LogP contribution in [0.25, 0.3) is 0 Å². The second kappa shape index (κ2) is 4.86. The van der Waals surface area contributed by atoms with Gasteiger partial charge in [-0.1, -0.05) is 13.8 Å². The zero-order valence-corrected chi connectivity index (χ0v) is 9.38. The number of nitrogens with zero attached hydrogens (tertiary/aromatic N) is 2. The lowest BCUT2D eigenvalue weighted by atomic mass is 10.2. The summed E-state index contributed by atoms with van der Waals surface area (Å²) in [6.07, 6.45) is -2.73. The highest BCUT2D eigenvalue weighted by Gasteiger charge is 2.37. The summed E-state index contributed by atoms with van der Waals surface area (Å²) in [6.45, 7) is 4.37. The van der Waals surface area contributed by atoms with Crippen molar-refractivity contribution >= 4 is 0 Å². The van der Waals surface area contributed by atoms with E-state index < -0.39 is 12.0 Å². The topological polar surface area (TPSA) is 43.8 Å². The number of nitrogens with two attached hydrogens (primary N) is 1. The molecule has 0 aromatic carbocycles. The molecule has 1 aromatic rings. The van der Waals surface area contributed by atoms with Crippen molar-refractivity contribution in [1.82, 2.24) is 9.55 Å². The van der Waals surface area contributed by atoms with Crippen LogP contribution >= 0.6 is 0 Å². The summed E-state index contributed by atoms with van der Waals surface area (Å²) in [5, 5.41) is 0. The van der Waals surface area contributed by atoms with Gasteiger partial charge >= 0.3 is 6.18 Å². The van der Waals surface area contributed by atoms with Crippen molar-refractivity contribution in [2.75, 3.05) is 6.54 Å². The maximum absolute atomic E-state index is 12.6. The first-order valence-corrected chi connectivity index (χ1v) is 5.18. The third-order valence-electron chi connectivity index (χ3n) is 2.14. The lowest BCUT2D eigenvalue weighted by molar-refractivity contribution is -0.147. The predicted octanol–water partition coefficient (Wildman–Crippen LogP) is 2.06. The molecule has 0 amide bonds. The molecule has 3 nitrogen and oxygen atoms in total. The Morgan fingerprint density at radius 3 is 2.50 bits per heavy atom. The molecule has 0 fully saturated rings. The Bertz CT molecular complexity index is 342. The molecule has 1 heterocycles. The third kappa shape index (κ3) is 2.98. The van der Waals surface area contributed by atoms with Gasteiger partial charge in [-0.3, -0.25) is 0 Å². The molecule has 0 unspecified atom stereocenters. The smallest absolute Gasteiger partial charge is 0.330 e. The monoisotopic (exact) mass is 235 g/mol. The van der Waals surface area contributed by atoms with E-state index in [-0.39, 0.29) is 5.92 Å². The van der Waals surface area contributed by atoms with E-state index in [0.717, 1.165) is 0 Å². The number of hydrogen-bond donors (Lipinski definition) is 1. The molecule has 1 aromatic heterocycles. The average Bonchev–Trinajstić information content (AvgIpc) is 2.47. The fourth-order valence-corrected chi connectivity index (χ4v) is 1.55. The zero-order valence-electron chi connectivity index (χ0n) is 9.38. The van der Waals surface area contributed by atoms with Crippen LogP contribution in [0.15, 0.2) is 6.20 Å². The first kappa shape index (κ1) is 13.0. The van der Waals surface area contributed by atoms with Crippen molar-refractivity contribution in [3.63, 3.8) is 0 Å². The standard InChI is InChI=1S/C10H16F3N3/c1-7(2)6-16-8(3-4-14)5-15-9(16)10(11,12)13/h5,7H,3-4,6,14H2,1-2H3. The summed E-state index contributed by atoms with van der Waals surface area (Å²) in [6, 6.07) is 0. The molecule has 0 saturated heterocycles. The van der Waals surface area contributed by atoms with Gasteiger partial charge in [-0.2, -0.15) is 13.2 Å². The van der Waals surface area contributed by atoms with Gasteiger partial charge in [0.2, 0.25) is 5.82 Å². The summed E-state index contributed by atoms with van der Waals surface area (Å²) in [5.74, 6) is -0.698. The number of imidazole rings is 1. The van der Waals surface area contributed by atoms with Crippen LogP contribution in [0.1, 0.15) is 25.4 Å². The molecular weight excluding hydrogens is 219 g/mol. The van der Waals surface area contributed by atoms with Crippen molar-refractivity contribution in [3.05, 3.63) is 17.7 Å². The van der Waals surface area contributed by atoms with Gasteiger partial charge in [0.1, 0.15) is 0 Å². The summed E-state index contributed by atoms with van der Waals surface area (Å²) in [7, 11) is 0. The molecule has 0 aliphatic heterocycles. The van der Waals surface area contributed by atoms with Gasteiger partial charge in [-0.05, 0) is 12.5 Å². The highest BCUT2D eigenvalue weighted by atomic mass is 19.4. The van der Waals surface area contributed by atoms with Crippen LogP contribution in [0.5, 0.6) is 0 Å². The third-order valence-corrected chi connectivity index (χ3v) is 2.14. The van der Waals surface area contributed by atoms with Gasteiger partial charge in [0.25, 0.3) is 0 Å². The van der Waals surface area contributed by atoms with E-state index in [0.29, 0.717) is 25.2 Å². The van der Waals surface area contributed by atoms with Crippen LogP contribution in [0.3, 0.4) is 0 Å². The maximum atomic E-state index is 12.6. The fourth-order valence-electron chi connectivity index (χ4n) is 1.55. The molecule has 0 saturated carbocycles. The molecule has 16 heavy (non-hydrogen) atoms. The Hall–Kier alpha value is -1.04. The molecular formula is C10H16F3N3. The van der Waals surface area contributed by atoms with E-state index in [1.54, 1.807) is 0 Å². The number of aromatic nitrogens is 2. The van der Waals surface area contributed by atoms with Crippen LogP contribution in [-0.2, 0) is 19.1 Å². The minimum atomic E-state index is -4.40. The van der Waals surface area contributed by atoms with E-state index in [1.165, 1.54) is 10.8 Å². The first-order valence-electron chi connectivity index (χ1n) is 5.18. The van der Waals surface area contributed by atoms with Crippen molar-refractivity contribution in [2.24, 2.45) is 11.7 Å². The molecule has 92 valence electrons. The Kier molecular flexibility index (Phi) is 3.96. The number of hydrogen-bond acceptors (Lipinski definition) is 2. The molecule has 2 N–H and O–H groups in total. The highest BCUT2D eigenvalue weighted by molar-refractivity contribution is 5.09. The molecule has 0 bridgehead atoms. The number of alkyl halides is 3. The van der Waals surface area contributed by atoms with Gasteiger partial charge in [-0.25, -0.2) is 4.98 Å². The molecule has 1 rings (SSSR count). The Balaban J connectivity index is 3.09. The zero-order chi connectivity index (χ0) is 12.3. The van der Waals surface area contributed by atoms with Crippen molar-refractivity contribution < 1.29 is 13.2 Å². The predicted molar refractivity (Wildman–Crippen MR) is 54.8 cm³/mol. The van der Waals surface area contributed by atoms with Gasteiger partial charge in [0.05, 0.1) is 0 Å². The Labute approximate surface area is 92.5 Å². The number of halogens is 3. The van der Waals surface area contributed by atoms with E-state index in [4.69, 9.17) is 5.73 Å². The van der Waals surface area contributed by atoms with Crippen molar-refractivity contribution in [3.8, 4) is 0 Å². The minimum Gasteiger partial charge on any atom is -0.330 e. The maximum Gasteiger partial charge on any atom is 0.449 e. The average molecular weight is 235 g/mol. The summed E-state index contributed by atoms with van der Waals surface area (Å²) in [4.78, 5) is 3.44. The lowest BCUT2D eigenvalue weighted by Crippen LogP contribution is -2.20. The van der Waals surface area contributed by atoms with Gasteiger partial charge in [-0.15, -0.1) is 0 Å². The van der Waals surface area contributed by atoms with Gasteiger partial charge < -0.3 is 10.3 Å². The van der Waals surface area contributed by atoms with Gasteiger partial charge in [0.15, 0.2) is 0 Å². The van der Waals surface area contributed by atoms with E-state index in [1.807, 2.05) is 13.8 Å². The van der Waals surface area contributed by atoms with Crippen molar-refractivity contribution in [2.45, 2.75) is 33.0 Å². The summed E-state index contributed by atoms with van der Waals surface area (Å²) >= 11 is 0. The molecule has 6 heteroatoms. The number of rotatable bonds is 4. The summed E-state index contributed by atoms with van der Waals surface area (Å²) in [5.41, 5.74) is 5.90. The normalized spacial score (nSPS) is 12.4. The van der Waals surface area contributed by atoms with E-state index in [2.05, 4.69) is 4.98 Å². The fraction of sp³-hybridized carbons (Fsp3) is 0.700. The Morgan fingerprint density at radius 1 is 1.44 bits per heavy atom. The molecule has 0 spiro atoms. The first-order chi connectivity index (χ1) is 7.36.